The average Bonchev–Trinajstić information content (AvgIpc) is 3.33. The van der Waals surface area contributed by atoms with Crippen LogP contribution in [0.15, 0.2) is 18.2 Å². The number of amides is 1. The first-order valence-corrected chi connectivity index (χ1v) is 8.07. The van der Waals surface area contributed by atoms with E-state index in [-0.39, 0.29) is 29.8 Å². The van der Waals surface area contributed by atoms with Crippen molar-refractivity contribution in [3.05, 3.63) is 29.6 Å². The highest BCUT2D eigenvalue weighted by Gasteiger charge is 2.31. The molecule has 3 rings (SSSR count). The maximum Gasteiger partial charge on any atom is 0.223 e. The molecule has 2 N–H and O–H groups in total. The summed E-state index contributed by atoms with van der Waals surface area (Å²) < 4.78 is 13.7. The van der Waals surface area contributed by atoms with Crippen LogP contribution < -0.4 is 10.2 Å². The third-order valence-electron chi connectivity index (χ3n) is 4.57. The zero-order valence-electron chi connectivity index (χ0n) is 12.9. The van der Waals surface area contributed by atoms with Gasteiger partial charge in [-0.1, -0.05) is 0 Å². The number of nitrogens with zero attached hydrogens (tertiary/aromatic N) is 1. The summed E-state index contributed by atoms with van der Waals surface area (Å²) in [6, 6.07) is 4.53. The van der Waals surface area contributed by atoms with Crippen LogP contribution in [0.5, 0.6) is 0 Å². The molecule has 1 aliphatic heterocycles. The van der Waals surface area contributed by atoms with Crippen LogP contribution in [0.3, 0.4) is 0 Å². The van der Waals surface area contributed by atoms with Gasteiger partial charge in [-0.25, -0.2) is 4.39 Å². The number of carbonyl (C=O) groups excluding carboxylic acids is 1. The Balaban J connectivity index is 1.79. The molecule has 1 heterocycles. The summed E-state index contributed by atoms with van der Waals surface area (Å²) in [5.74, 6) is -0.0790. The lowest BCUT2D eigenvalue weighted by atomic mass is 10.0. The number of hydrogen-bond acceptors (Lipinski definition) is 3. The molecule has 0 bridgehead atoms. The van der Waals surface area contributed by atoms with Gasteiger partial charge in [-0.2, -0.15) is 0 Å². The van der Waals surface area contributed by atoms with E-state index in [2.05, 4.69) is 10.2 Å². The second-order valence-electron chi connectivity index (χ2n) is 6.43. The van der Waals surface area contributed by atoms with E-state index < -0.39 is 0 Å². The lowest BCUT2D eigenvalue weighted by molar-refractivity contribution is -0.122. The summed E-state index contributed by atoms with van der Waals surface area (Å²) in [5, 5.41) is 12.6. The number of piperidine rings is 1. The molecule has 1 aromatic rings. The normalized spacial score (nSPS) is 20.8. The number of nitrogens with one attached hydrogen (secondary N) is 1. The Kier molecular flexibility index (Phi) is 4.34. The Bertz CT molecular complexity index is 552. The van der Waals surface area contributed by atoms with Gasteiger partial charge in [0.2, 0.25) is 5.91 Å². The van der Waals surface area contributed by atoms with Gasteiger partial charge in [-0.15, -0.1) is 0 Å². The highest BCUT2D eigenvalue weighted by molar-refractivity contribution is 5.81. The molecule has 2 aliphatic rings. The Morgan fingerprint density at radius 2 is 2.00 bits per heavy atom. The third kappa shape index (κ3) is 3.40. The number of hydrogen-bond donors (Lipinski definition) is 2. The molecular formula is C17H23FN2O2. The predicted molar refractivity (Wildman–Crippen MR) is 83.1 cm³/mol. The fourth-order valence-corrected chi connectivity index (χ4v) is 3.02. The van der Waals surface area contributed by atoms with Gasteiger partial charge >= 0.3 is 0 Å². The molecule has 4 nitrogen and oxygen atoms in total. The van der Waals surface area contributed by atoms with E-state index in [1.807, 2.05) is 6.92 Å². The number of rotatable bonds is 4. The van der Waals surface area contributed by atoms with Crippen LogP contribution in [0.2, 0.25) is 0 Å². The molecule has 1 aliphatic carbocycles. The number of halogens is 1. The van der Waals surface area contributed by atoms with E-state index in [1.54, 1.807) is 6.07 Å². The predicted octanol–water partition coefficient (Wildman–Crippen LogP) is 2.37. The van der Waals surface area contributed by atoms with Crippen molar-refractivity contribution >= 4 is 11.6 Å². The SMILES string of the molecule is CC(NC(=O)C1CC1)c1cc(F)ccc1N1CCC(O)CC1. The Labute approximate surface area is 130 Å². The first-order valence-electron chi connectivity index (χ1n) is 8.07. The van der Waals surface area contributed by atoms with Crippen LogP contribution in [-0.4, -0.2) is 30.2 Å². The van der Waals surface area contributed by atoms with Gasteiger partial charge < -0.3 is 15.3 Å². The van der Waals surface area contributed by atoms with Crippen molar-refractivity contribution in [1.82, 2.24) is 5.32 Å². The van der Waals surface area contributed by atoms with Crippen LogP contribution in [0, 0.1) is 11.7 Å². The molecule has 1 aromatic carbocycles. The lowest BCUT2D eigenvalue weighted by Crippen LogP contribution is -2.37. The van der Waals surface area contributed by atoms with E-state index in [0.29, 0.717) is 0 Å². The molecule has 5 heteroatoms. The molecule has 1 saturated heterocycles. The molecule has 0 spiro atoms. The maximum atomic E-state index is 13.7. The first-order chi connectivity index (χ1) is 10.5. The monoisotopic (exact) mass is 306 g/mol. The minimum absolute atomic E-state index is 0.0665. The second kappa shape index (κ2) is 6.24. The number of aliphatic hydroxyl groups excluding tert-OH is 1. The van der Waals surface area contributed by atoms with Gasteiger partial charge in [0.05, 0.1) is 12.1 Å². The van der Waals surface area contributed by atoms with E-state index in [9.17, 15) is 14.3 Å². The van der Waals surface area contributed by atoms with Crippen LogP contribution in [0.1, 0.15) is 44.2 Å². The van der Waals surface area contributed by atoms with Gasteiger partial charge in [0.15, 0.2) is 0 Å². The van der Waals surface area contributed by atoms with Crippen molar-refractivity contribution in [2.75, 3.05) is 18.0 Å². The van der Waals surface area contributed by atoms with Crippen LogP contribution >= 0.6 is 0 Å². The lowest BCUT2D eigenvalue weighted by Gasteiger charge is -2.34. The number of anilines is 1. The largest absolute Gasteiger partial charge is 0.393 e. The van der Waals surface area contributed by atoms with Crippen molar-refractivity contribution in [2.45, 2.75) is 44.8 Å². The Morgan fingerprint density at radius 3 is 2.64 bits per heavy atom. The molecular weight excluding hydrogens is 283 g/mol. The van der Waals surface area contributed by atoms with Gasteiger partial charge in [0.25, 0.3) is 0 Å². The van der Waals surface area contributed by atoms with Crippen molar-refractivity contribution in [3.8, 4) is 0 Å². The Morgan fingerprint density at radius 1 is 1.32 bits per heavy atom. The van der Waals surface area contributed by atoms with Crippen molar-refractivity contribution in [2.24, 2.45) is 5.92 Å². The Hall–Kier alpha value is -1.62. The minimum atomic E-state index is -0.289. The van der Waals surface area contributed by atoms with E-state index in [1.165, 1.54) is 12.1 Å². The summed E-state index contributed by atoms with van der Waals surface area (Å²) in [6.45, 7) is 3.41. The molecule has 0 radical (unpaired) electrons. The minimum Gasteiger partial charge on any atom is -0.393 e. The number of aliphatic hydroxyl groups is 1. The molecule has 2 fully saturated rings. The second-order valence-corrected chi connectivity index (χ2v) is 6.43. The number of carbonyl (C=O) groups is 1. The van der Waals surface area contributed by atoms with Gasteiger partial charge in [-0.3, -0.25) is 4.79 Å². The summed E-state index contributed by atoms with van der Waals surface area (Å²) in [7, 11) is 0. The molecule has 1 unspecified atom stereocenters. The summed E-state index contributed by atoms with van der Waals surface area (Å²) >= 11 is 0. The van der Waals surface area contributed by atoms with Gasteiger partial charge in [-0.05, 0) is 50.8 Å². The molecule has 1 saturated carbocycles. The maximum absolute atomic E-state index is 13.7. The summed E-state index contributed by atoms with van der Waals surface area (Å²) in [5.41, 5.74) is 1.77. The molecule has 22 heavy (non-hydrogen) atoms. The van der Waals surface area contributed by atoms with Crippen molar-refractivity contribution in [1.29, 1.82) is 0 Å². The topological polar surface area (TPSA) is 52.6 Å². The van der Waals surface area contributed by atoms with Gasteiger partial charge in [0.1, 0.15) is 5.82 Å². The zero-order chi connectivity index (χ0) is 15.7. The van der Waals surface area contributed by atoms with Crippen LogP contribution in [0.4, 0.5) is 10.1 Å². The van der Waals surface area contributed by atoms with Crippen LogP contribution in [-0.2, 0) is 4.79 Å². The highest BCUT2D eigenvalue weighted by atomic mass is 19.1. The fourth-order valence-electron chi connectivity index (χ4n) is 3.02. The molecule has 1 atom stereocenters. The molecule has 1 amide bonds. The molecule has 120 valence electrons. The highest BCUT2D eigenvalue weighted by Crippen LogP contribution is 2.32. The molecule has 0 aromatic heterocycles. The third-order valence-corrected chi connectivity index (χ3v) is 4.57. The van der Waals surface area contributed by atoms with E-state index in [0.717, 1.165) is 50.0 Å². The summed E-state index contributed by atoms with van der Waals surface area (Å²) in [4.78, 5) is 14.1. The smallest absolute Gasteiger partial charge is 0.223 e. The average molecular weight is 306 g/mol. The summed E-state index contributed by atoms with van der Waals surface area (Å²) in [6.07, 6.45) is 3.11. The van der Waals surface area contributed by atoms with Crippen molar-refractivity contribution in [3.63, 3.8) is 0 Å². The standard InChI is InChI=1S/C17H23FN2O2/c1-11(19-17(22)12-2-3-12)15-10-13(18)4-5-16(15)20-8-6-14(21)7-9-20/h4-5,10-12,14,21H,2-3,6-9H2,1H3,(H,19,22). The fraction of sp³-hybridized carbons (Fsp3) is 0.588. The van der Waals surface area contributed by atoms with E-state index >= 15 is 0 Å². The van der Waals surface area contributed by atoms with Crippen LogP contribution in [0.25, 0.3) is 0 Å². The van der Waals surface area contributed by atoms with Gasteiger partial charge in [0, 0.05) is 30.3 Å². The first kappa shape index (κ1) is 15.3. The quantitative estimate of drug-likeness (QED) is 0.898. The van der Waals surface area contributed by atoms with E-state index in [4.69, 9.17) is 0 Å². The zero-order valence-corrected chi connectivity index (χ0v) is 12.9. The van der Waals surface area contributed by atoms with Crippen molar-refractivity contribution < 1.29 is 14.3 Å². The number of benzene rings is 1.